The summed E-state index contributed by atoms with van der Waals surface area (Å²) in [5.74, 6) is 0.674. The molecule has 0 spiro atoms. The number of aliphatic hydroxyl groups is 1. The highest BCUT2D eigenvalue weighted by Gasteiger charge is 2.23. The molecule has 2 heterocycles. The lowest BCUT2D eigenvalue weighted by Crippen LogP contribution is -2.13. The molecule has 1 unspecified atom stereocenters. The Balaban J connectivity index is 2.26. The molecule has 1 atom stereocenters. The quantitative estimate of drug-likeness (QED) is 0.935. The Kier molecular flexibility index (Phi) is 4.06. The van der Waals surface area contributed by atoms with Crippen LogP contribution in [-0.2, 0) is 12.0 Å². The van der Waals surface area contributed by atoms with Crippen LogP contribution in [0.2, 0.25) is 0 Å². The molecule has 4 nitrogen and oxygen atoms in total. The summed E-state index contributed by atoms with van der Waals surface area (Å²) < 4.78 is 1.99. The molecular weight excluding hydrogens is 258 g/mol. The van der Waals surface area contributed by atoms with Crippen LogP contribution in [0, 0.1) is 0 Å². The van der Waals surface area contributed by atoms with Gasteiger partial charge in [0.1, 0.15) is 5.82 Å². The molecule has 0 saturated heterocycles. The van der Waals surface area contributed by atoms with Crippen molar-refractivity contribution >= 4 is 11.3 Å². The maximum atomic E-state index is 10.4. The molecule has 2 rings (SSSR count). The lowest BCUT2D eigenvalue weighted by Gasteiger charge is -2.14. The topological polar surface area (TPSA) is 50.9 Å². The summed E-state index contributed by atoms with van der Waals surface area (Å²) in [5, 5.41) is 13.4. The molecule has 0 amide bonds. The Bertz CT molecular complexity index is 539. The van der Waals surface area contributed by atoms with E-state index in [1.54, 1.807) is 17.5 Å². The Morgan fingerprint density at radius 2 is 2.16 bits per heavy atom. The fourth-order valence-corrected chi connectivity index (χ4v) is 2.81. The summed E-state index contributed by atoms with van der Waals surface area (Å²) in [7, 11) is 0. The molecule has 2 aromatic rings. The van der Waals surface area contributed by atoms with Crippen LogP contribution in [0.25, 0.3) is 0 Å². The van der Waals surface area contributed by atoms with Gasteiger partial charge in [0.2, 0.25) is 0 Å². The minimum atomic E-state index is -0.742. The van der Waals surface area contributed by atoms with Crippen molar-refractivity contribution in [2.45, 2.75) is 52.2 Å². The molecule has 19 heavy (non-hydrogen) atoms. The van der Waals surface area contributed by atoms with Crippen LogP contribution in [0.3, 0.4) is 0 Å². The monoisotopic (exact) mass is 279 g/mol. The van der Waals surface area contributed by atoms with Crippen molar-refractivity contribution in [2.24, 2.45) is 0 Å². The van der Waals surface area contributed by atoms with E-state index in [1.807, 2.05) is 16.1 Å². The third-order valence-electron chi connectivity index (χ3n) is 2.90. The van der Waals surface area contributed by atoms with Crippen LogP contribution in [0.1, 0.15) is 56.7 Å². The number of nitrogens with zero attached hydrogens (tertiary/aromatic N) is 3. The third-order valence-corrected chi connectivity index (χ3v) is 4.19. The zero-order valence-electron chi connectivity index (χ0n) is 11.9. The second kappa shape index (κ2) is 5.43. The van der Waals surface area contributed by atoms with E-state index in [0.29, 0.717) is 11.5 Å². The van der Waals surface area contributed by atoms with Gasteiger partial charge in [-0.1, -0.05) is 27.7 Å². The predicted molar refractivity (Wildman–Crippen MR) is 77.4 cm³/mol. The van der Waals surface area contributed by atoms with Gasteiger partial charge in [0.15, 0.2) is 6.10 Å². The van der Waals surface area contributed by atoms with E-state index in [9.17, 15) is 5.11 Å². The first-order valence-electron chi connectivity index (χ1n) is 6.58. The molecule has 0 aliphatic rings. The number of hydrogen-bond donors (Lipinski definition) is 1. The Morgan fingerprint density at radius 1 is 1.42 bits per heavy atom. The Labute approximate surface area is 118 Å². The van der Waals surface area contributed by atoms with Gasteiger partial charge in [0.05, 0.1) is 10.7 Å². The zero-order chi connectivity index (χ0) is 14.0. The van der Waals surface area contributed by atoms with Gasteiger partial charge >= 0.3 is 0 Å². The van der Waals surface area contributed by atoms with E-state index in [1.165, 1.54) is 0 Å². The van der Waals surface area contributed by atoms with Crippen molar-refractivity contribution in [3.8, 4) is 0 Å². The average molecular weight is 279 g/mol. The highest BCUT2D eigenvalue weighted by atomic mass is 32.1. The van der Waals surface area contributed by atoms with E-state index in [2.05, 4.69) is 37.7 Å². The van der Waals surface area contributed by atoms with Gasteiger partial charge in [-0.2, -0.15) is 0 Å². The number of rotatable bonds is 4. The van der Waals surface area contributed by atoms with Crippen LogP contribution in [0.5, 0.6) is 0 Å². The van der Waals surface area contributed by atoms with Crippen molar-refractivity contribution in [3.05, 3.63) is 34.3 Å². The van der Waals surface area contributed by atoms with Crippen molar-refractivity contribution in [1.82, 2.24) is 14.5 Å². The van der Waals surface area contributed by atoms with Crippen LogP contribution in [0.15, 0.2) is 17.8 Å². The van der Waals surface area contributed by atoms with Gasteiger partial charge in [0.25, 0.3) is 0 Å². The minimum Gasteiger partial charge on any atom is -0.379 e. The molecule has 0 radical (unpaired) electrons. The van der Waals surface area contributed by atoms with Gasteiger partial charge < -0.3 is 9.67 Å². The Hall–Kier alpha value is -1.20. The highest BCUT2D eigenvalue weighted by molar-refractivity contribution is 7.09. The lowest BCUT2D eigenvalue weighted by molar-refractivity contribution is 0.200. The summed E-state index contributed by atoms with van der Waals surface area (Å²) in [6.45, 7) is 9.35. The molecular formula is C14H21N3OS. The standard InChI is InChI=1S/C14H21N3OS/c1-5-7-17-8-6-15-12(17)11(18)10-9-19-13(16-10)14(2,3)4/h6,8-9,11,18H,5,7H2,1-4H3. The minimum absolute atomic E-state index is 0.0154. The number of aryl methyl sites for hydroxylation is 1. The number of aromatic nitrogens is 3. The van der Waals surface area contributed by atoms with Crippen molar-refractivity contribution < 1.29 is 5.11 Å². The first-order valence-corrected chi connectivity index (χ1v) is 7.46. The summed E-state index contributed by atoms with van der Waals surface area (Å²) >= 11 is 1.59. The largest absolute Gasteiger partial charge is 0.379 e. The molecule has 2 aromatic heterocycles. The number of imidazole rings is 1. The Morgan fingerprint density at radius 3 is 2.74 bits per heavy atom. The number of aliphatic hydroxyl groups excluding tert-OH is 1. The van der Waals surface area contributed by atoms with E-state index >= 15 is 0 Å². The molecule has 0 aliphatic heterocycles. The molecule has 0 aromatic carbocycles. The molecule has 1 N–H and O–H groups in total. The van der Waals surface area contributed by atoms with Crippen molar-refractivity contribution in [2.75, 3.05) is 0 Å². The van der Waals surface area contributed by atoms with Crippen LogP contribution < -0.4 is 0 Å². The number of hydrogen-bond acceptors (Lipinski definition) is 4. The predicted octanol–water partition coefficient (Wildman–Crippen LogP) is 3.13. The smallest absolute Gasteiger partial charge is 0.154 e. The molecule has 0 fully saturated rings. The molecule has 0 aliphatic carbocycles. The molecule has 104 valence electrons. The van der Waals surface area contributed by atoms with Crippen LogP contribution in [0.4, 0.5) is 0 Å². The van der Waals surface area contributed by atoms with Crippen molar-refractivity contribution in [1.29, 1.82) is 0 Å². The normalized spacial score (nSPS) is 13.7. The first-order chi connectivity index (χ1) is 8.93. The van der Waals surface area contributed by atoms with Gasteiger partial charge in [-0.3, -0.25) is 0 Å². The van der Waals surface area contributed by atoms with E-state index in [-0.39, 0.29) is 5.41 Å². The lowest BCUT2D eigenvalue weighted by atomic mass is 9.98. The maximum absolute atomic E-state index is 10.4. The second-order valence-electron chi connectivity index (χ2n) is 5.71. The summed E-state index contributed by atoms with van der Waals surface area (Å²) in [4.78, 5) is 8.81. The van der Waals surface area contributed by atoms with Crippen LogP contribution in [-0.4, -0.2) is 19.6 Å². The molecule has 5 heteroatoms. The second-order valence-corrected chi connectivity index (χ2v) is 6.57. The third kappa shape index (κ3) is 3.04. The average Bonchev–Trinajstić information content (AvgIpc) is 2.96. The molecule has 0 saturated carbocycles. The van der Waals surface area contributed by atoms with Gasteiger partial charge in [-0.25, -0.2) is 9.97 Å². The summed E-state index contributed by atoms with van der Waals surface area (Å²) in [5.41, 5.74) is 0.708. The first kappa shape index (κ1) is 14.2. The van der Waals surface area contributed by atoms with E-state index in [0.717, 1.165) is 18.0 Å². The van der Waals surface area contributed by atoms with E-state index < -0.39 is 6.10 Å². The summed E-state index contributed by atoms with van der Waals surface area (Å²) in [6.07, 6.45) is 3.90. The zero-order valence-corrected chi connectivity index (χ0v) is 12.7. The highest BCUT2D eigenvalue weighted by Crippen LogP contribution is 2.29. The molecule has 0 bridgehead atoms. The van der Waals surface area contributed by atoms with Gasteiger partial charge in [-0.15, -0.1) is 11.3 Å². The fourth-order valence-electron chi connectivity index (χ4n) is 1.89. The SMILES string of the molecule is CCCn1ccnc1C(O)c1csc(C(C)(C)C)n1. The fraction of sp³-hybridized carbons (Fsp3) is 0.571. The summed E-state index contributed by atoms with van der Waals surface area (Å²) in [6, 6.07) is 0. The van der Waals surface area contributed by atoms with Crippen molar-refractivity contribution in [3.63, 3.8) is 0 Å². The van der Waals surface area contributed by atoms with Gasteiger partial charge in [0, 0.05) is 29.7 Å². The number of thiazole rings is 1. The van der Waals surface area contributed by atoms with Crippen LogP contribution >= 0.6 is 11.3 Å². The van der Waals surface area contributed by atoms with E-state index in [4.69, 9.17) is 0 Å². The maximum Gasteiger partial charge on any atom is 0.154 e. The van der Waals surface area contributed by atoms with Gasteiger partial charge in [-0.05, 0) is 6.42 Å².